The van der Waals surface area contributed by atoms with Gasteiger partial charge in [0.2, 0.25) is 0 Å². The molecule has 0 fully saturated rings. The van der Waals surface area contributed by atoms with Gasteiger partial charge in [-0.2, -0.15) is 0 Å². The summed E-state index contributed by atoms with van der Waals surface area (Å²) >= 11 is 0. The van der Waals surface area contributed by atoms with Crippen molar-refractivity contribution in [3.63, 3.8) is 0 Å². The summed E-state index contributed by atoms with van der Waals surface area (Å²) < 4.78 is 68.2. The van der Waals surface area contributed by atoms with E-state index in [1.165, 1.54) is 70.6 Å². The minimum atomic E-state index is -4.99. The Hall–Kier alpha value is -4.28. The van der Waals surface area contributed by atoms with Crippen LogP contribution in [0.1, 0.15) is 297 Å². The maximum atomic E-state index is 13.1. The van der Waals surface area contributed by atoms with Gasteiger partial charge in [-0.05, 0) is 135 Å². The van der Waals surface area contributed by atoms with Gasteiger partial charge in [-0.15, -0.1) is 0 Å². The first-order chi connectivity index (χ1) is 46.7. The fourth-order valence-electron chi connectivity index (χ4n) is 9.55. The summed E-state index contributed by atoms with van der Waals surface area (Å²) in [6, 6.07) is 0. The number of hydrogen-bond donors (Lipinski definition) is 3. The molecule has 0 aliphatic rings. The molecule has 0 aliphatic heterocycles. The summed E-state index contributed by atoms with van der Waals surface area (Å²) in [6.45, 7) is 4.55. The third-order valence-corrected chi connectivity index (χ3v) is 17.1. The van der Waals surface area contributed by atoms with E-state index in [2.05, 4.69) is 113 Å². The monoisotopic (exact) mass is 1390 g/mol. The van der Waals surface area contributed by atoms with Gasteiger partial charge < -0.3 is 33.8 Å². The molecular weight excluding hydrogens is 1260 g/mol. The predicted octanol–water partition coefficient (Wildman–Crippen LogP) is 21.0. The quantitative estimate of drug-likeness (QED) is 0.0169. The highest BCUT2D eigenvalue weighted by molar-refractivity contribution is 7.47. The van der Waals surface area contributed by atoms with E-state index in [1.54, 1.807) is 6.08 Å². The van der Waals surface area contributed by atoms with Crippen LogP contribution in [-0.2, 0) is 65.4 Å². The molecule has 0 aromatic heterocycles. The molecule has 96 heavy (non-hydrogen) atoms. The zero-order valence-electron chi connectivity index (χ0n) is 60.0. The number of esters is 4. The van der Waals surface area contributed by atoms with E-state index < -0.39 is 97.5 Å². The van der Waals surface area contributed by atoms with Crippen molar-refractivity contribution >= 4 is 39.5 Å². The molecule has 0 aromatic carbocycles. The first-order valence-corrected chi connectivity index (χ1v) is 40.1. The summed E-state index contributed by atoms with van der Waals surface area (Å²) in [4.78, 5) is 72.7. The molecule has 0 rings (SSSR count). The van der Waals surface area contributed by atoms with Crippen LogP contribution in [0.4, 0.5) is 0 Å². The highest BCUT2D eigenvalue weighted by Gasteiger charge is 2.30. The Kier molecular flexibility index (Phi) is 66.1. The van der Waals surface area contributed by atoms with E-state index in [9.17, 15) is 43.2 Å². The normalized spacial score (nSPS) is 14.6. The largest absolute Gasteiger partial charge is 0.472 e. The molecule has 17 nitrogen and oxygen atoms in total. The second-order valence-corrected chi connectivity index (χ2v) is 27.4. The Balaban J connectivity index is 5.42. The number of unbranched alkanes of at least 4 members (excludes halogenated alkanes) is 26. The number of phosphoric ester groups is 2. The molecule has 0 aromatic rings. The lowest BCUT2D eigenvalue weighted by molar-refractivity contribution is -0.161. The van der Waals surface area contributed by atoms with Crippen LogP contribution in [0.15, 0.2) is 109 Å². The van der Waals surface area contributed by atoms with Crippen molar-refractivity contribution in [1.29, 1.82) is 0 Å². The van der Waals surface area contributed by atoms with Crippen LogP contribution in [0.2, 0.25) is 0 Å². The maximum absolute atomic E-state index is 13.1. The number of phosphoric acid groups is 2. The van der Waals surface area contributed by atoms with Gasteiger partial charge in [0.15, 0.2) is 12.2 Å². The van der Waals surface area contributed by atoms with E-state index in [0.717, 1.165) is 148 Å². The van der Waals surface area contributed by atoms with Gasteiger partial charge in [0.1, 0.15) is 19.3 Å². The summed E-state index contributed by atoms with van der Waals surface area (Å²) in [7, 11) is -9.97. The second kappa shape index (κ2) is 69.2. The van der Waals surface area contributed by atoms with E-state index in [-0.39, 0.29) is 25.7 Å². The smallest absolute Gasteiger partial charge is 0.462 e. The molecule has 0 bridgehead atoms. The van der Waals surface area contributed by atoms with E-state index in [4.69, 9.17) is 37.0 Å². The molecule has 0 aliphatic carbocycles. The number of aliphatic hydroxyl groups excluding tert-OH is 1. The average molecular weight is 1390 g/mol. The standard InChI is InChI=1S/C77H132O17P2/c1-5-9-13-17-21-25-29-33-35-39-41-45-49-53-57-61-74(79)87-67-72(93-76(81)63-59-55-51-47-43-37-31-27-23-19-15-11-7-3)69-91-95(83,84)89-65-71(78)66-90-96(85,86)92-70-73(94-77(82)64-60-56-52-48-44-38-32-28-24-20-16-12-8-4)68-88-75(80)62-58-54-50-46-42-40-36-34-30-26-22-18-14-10-6-2/h9,13,21-22,25-28,31-36,41,45,53,57,71-73,78H,5-8,10-12,14-20,23-24,29-30,37-40,42-44,46-52,54-56,58-70H2,1-4H3,(H,83,84)(H,85,86)/b13-9-,25-21-,26-22-,31-27-,32-28-,35-33-,36-34-,45-41-,57-53-. The molecule has 5 atom stereocenters. The molecule has 0 spiro atoms. The molecule has 0 saturated heterocycles. The fraction of sp³-hybridized carbons (Fsp3) is 0.714. The number of rotatable bonds is 69. The number of carbonyl (C=O) groups is 4. The lowest BCUT2D eigenvalue weighted by Crippen LogP contribution is -2.30. The molecule has 19 heteroatoms. The molecule has 0 saturated carbocycles. The van der Waals surface area contributed by atoms with Gasteiger partial charge in [0.25, 0.3) is 0 Å². The molecule has 5 unspecified atom stereocenters. The van der Waals surface area contributed by atoms with Gasteiger partial charge in [0, 0.05) is 19.3 Å². The van der Waals surface area contributed by atoms with Crippen molar-refractivity contribution in [2.24, 2.45) is 0 Å². The van der Waals surface area contributed by atoms with Crippen LogP contribution in [-0.4, -0.2) is 96.7 Å². The molecule has 0 radical (unpaired) electrons. The van der Waals surface area contributed by atoms with Crippen LogP contribution in [0, 0.1) is 0 Å². The maximum Gasteiger partial charge on any atom is 0.472 e. The highest BCUT2D eigenvalue weighted by atomic mass is 31.2. The third kappa shape index (κ3) is 68.3. The van der Waals surface area contributed by atoms with Gasteiger partial charge in [-0.3, -0.25) is 37.3 Å². The SMILES string of the molecule is CC/C=C\C/C=C\C/C=C\C/C=C\C/C=C\CC(=O)OCC(COP(=O)(O)OCC(O)COP(=O)(O)OCC(COC(=O)CCCCCCC/C=C\C/C=C\CCCCC)OC(=O)CCCCCCC/C=C\CCCCCC)OC(=O)CCCCCCC/C=C\CCCCCC. The van der Waals surface area contributed by atoms with Gasteiger partial charge in [-0.25, -0.2) is 9.13 Å². The molecule has 0 heterocycles. The summed E-state index contributed by atoms with van der Waals surface area (Å²) in [5.41, 5.74) is 0. The number of allylic oxidation sites excluding steroid dienone is 17. The molecule has 552 valence electrons. The fourth-order valence-corrected chi connectivity index (χ4v) is 11.1. The van der Waals surface area contributed by atoms with Gasteiger partial charge in [0.05, 0.1) is 32.8 Å². The first-order valence-electron chi connectivity index (χ1n) is 37.1. The number of hydrogen-bond acceptors (Lipinski definition) is 15. The predicted molar refractivity (Wildman–Crippen MR) is 390 cm³/mol. The zero-order chi connectivity index (χ0) is 70.4. The van der Waals surface area contributed by atoms with E-state index in [1.807, 2.05) is 18.2 Å². The Labute approximate surface area is 581 Å². The topological polar surface area (TPSA) is 237 Å². The summed E-state index contributed by atoms with van der Waals surface area (Å²) in [6.07, 6.45) is 72.6. The van der Waals surface area contributed by atoms with Crippen molar-refractivity contribution in [1.82, 2.24) is 0 Å². The minimum Gasteiger partial charge on any atom is -0.462 e. The number of aliphatic hydroxyl groups is 1. The van der Waals surface area contributed by atoms with Crippen molar-refractivity contribution < 1.29 is 80.2 Å². The third-order valence-electron chi connectivity index (χ3n) is 15.2. The molecule has 3 N–H and O–H groups in total. The Morgan fingerprint density at radius 3 is 0.958 bits per heavy atom. The van der Waals surface area contributed by atoms with Gasteiger partial charge >= 0.3 is 39.5 Å². The average Bonchev–Trinajstić information content (AvgIpc) is 1.14. The van der Waals surface area contributed by atoms with Gasteiger partial charge in [-0.1, -0.05) is 246 Å². The first kappa shape index (κ1) is 91.7. The summed E-state index contributed by atoms with van der Waals surface area (Å²) in [5.74, 6) is -2.35. The van der Waals surface area contributed by atoms with Crippen LogP contribution in [0.25, 0.3) is 0 Å². The van der Waals surface area contributed by atoms with Crippen LogP contribution >= 0.6 is 15.6 Å². The van der Waals surface area contributed by atoms with Crippen LogP contribution in [0.3, 0.4) is 0 Å². The van der Waals surface area contributed by atoms with Crippen LogP contribution < -0.4 is 0 Å². The highest BCUT2D eigenvalue weighted by Crippen LogP contribution is 2.45. The van der Waals surface area contributed by atoms with Crippen molar-refractivity contribution in [2.75, 3.05) is 39.6 Å². The van der Waals surface area contributed by atoms with E-state index >= 15 is 0 Å². The van der Waals surface area contributed by atoms with Crippen molar-refractivity contribution in [3.05, 3.63) is 109 Å². The lowest BCUT2D eigenvalue weighted by atomic mass is 10.1. The van der Waals surface area contributed by atoms with E-state index in [0.29, 0.717) is 25.7 Å². The minimum absolute atomic E-state index is 0.0641. The Morgan fingerprint density at radius 2 is 0.583 bits per heavy atom. The van der Waals surface area contributed by atoms with Crippen molar-refractivity contribution in [3.8, 4) is 0 Å². The Bertz CT molecular complexity index is 2250. The second-order valence-electron chi connectivity index (χ2n) is 24.5. The zero-order valence-corrected chi connectivity index (χ0v) is 61.8. The summed E-state index contributed by atoms with van der Waals surface area (Å²) in [5, 5.41) is 10.6. The number of carbonyl (C=O) groups excluding carboxylic acids is 4. The molecular formula is C77H132O17P2. The Morgan fingerprint density at radius 1 is 0.312 bits per heavy atom. The van der Waals surface area contributed by atoms with Crippen molar-refractivity contribution in [2.45, 2.75) is 316 Å². The van der Waals surface area contributed by atoms with Crippen LogP contribution in [0.5, 0.6) is 0 Å². The number of ether oxygens (including phenoxy) is 4. The lowest BCUT2D eigenvalue weighted by Gasteiger charge is -2.21. The molecule has 0 amide bonds.